The summed E-state index contributed by atoms with van der Waals surface area (Å²) in [5, 5.41) is 0. The van der Waals surface area contributed by atoms with E-state index in [0.717, 1.165) is 27.5 Å². The molecule has 0 fully saturated rings. The molecule has 0 aliphatic heterocycles. The molecule has 2 N–H and O–H groups in total. The lowest BCUT2D eigenvalue weighted by molar-refractivity contribution is 0.387. The van der Waals surface area contributed by atoms with Gasteiger partial charge in [0.25, 0.3) is 5.56 Å². The standard InChI is InChI=1S/C26H22F3N3O3/c1-35-23-12-5-9-17(24(23)29)18-13-31(14-19-20(27)10-6-11-21(19)28)26(34)32(25(18)33)15-22(30)16-7-3-2-4-8-16/h2-13,22H,14-15,30H2,1H3/t22-/m0/s1. The quantitative estimate of drug-likeness (QED) is 0.435. The van der Waals surface area contributed by atoms with Gasteiger partial charge in [-0.15, -0.1) is 0 Å². The monoisotopic (exact) mass is 481 g/mol. The van der Waals surface area contributed by atoms with E-state index in [1.807, 2.05) is 0 Å². The third-order valence-electron chi connectivity index (χ3n) is 5.71. The average Bonchev–Trinajstić information content (AvgIpc) is 2.86. The molecule has 0 amide bonds. The van der Waals surface area contributed by atoms with Crippen molar-refractivity contribution in [2.24, 2.45) is 5.73 Å². The lowest BCUT2D eigenvalue weighted by atomic mass is 10.1. The third kappa shape index (κ3) is 4.76. The van der Waals surface area contributed by atoms with Crippen LogP contribution in [0, 0.1) is 17.5 Å². The van der Waals surface area contributed by atoms with Crippen LogP contribution < -0.4 is 21.7 Å². The summed E-state index contributed by atoms with van der Waals surface area (Å²) < 4.78 is 50.6. The maximum absolute atomic E-state index is 15.1. The molecule has 1 heterocycles. The van der Waals surface area contributed by atoms with Crippen LogP contribution in [0.15, 0.2) is 82.5 Å². The average molecular weight is 481 g/mol. The van der Waals surface area contributed by atoms with Crippen molar-refractivity contribution < 1.29 is 17.9 Å². The molecule has 0 saturated carbocycles. The molecule has 180 valence electrons. The molecule has 4 rings (SSSR count). The fourth-order valence-corrected chi connectivity index (χ4v) is 3.85. The molecule has 3 aromatic carbocycles. The first-order valence-electron chi connectivity index (χ1n) is 10.7. The smallest absolute Gasteiger partial charge is 0.331 e. The lowest BCUT2D eigenvalue weighted by Crippen LogP contribution is -2.42. The molecule has 0 aliphatic rings. The Balaban J connectivity index is 1.91. The molecule has 9 heteroatoms. The fraction of sp³-hybridized carbons (Fsp3) is 0.154. The number of hydrogen-bond acceptors (Lipinski definition) is 4. The number of aromatic nitrogens is 2. The normalized spacial score (nSPS) is 11.9. The van der Waals surface area contributed by atoms with Gasteiger partial charge in [-0.05, 0) is 23.8 Å². The SMILES string of the molecule is COc1cccc(-c2cn(Cc3c(F)cccc3F)c(=O)n(C[C@H](N)c3ccccc3)c2=O)c1F. The minimum atomic E-state index is -0.857. The molecule has 0 aliphatic carbocycles. The Morgan fingerprint density at radius 3 is 2.20 bits per heavy atom. The number of ether oxygens (including phenoxy) is 1. The van der Waals surface area contributed by atoms with Gasteiger partial charge in [0.05, 0.1) is 25.8 Å². The summed E-state index contributed by atoms with van der Waals surface area (Å²) in [4.78, 5) is 26.7. The Morgan fingerprint density at radius 2 is 1.54 bits per heavy atom. The van der Waals surface area contributed by atoms with Crippen LogP contribution in [-0.4, -0.2) is 16.2 Å². The van der Waals surface area contributed by atoms with Crippen LogP contribution in [0.2, 0.25) is 0 Å². The van der Waals surface area contributed by atoms with E-state index in [2.05, 4.69) is 0 Å². The maximum atomic E-state index is 15.1. The first-order chi connectivity index (χ1) is 16.8. The molecule has 0 spiro atoms. The summed E-state index contributed by atoms with van der Waals surface area (Å²) in [5.41, 5.74) is 4.62. The van der Waals surface area contributed by atoms with Crippen LogP contribution in [0.1, 0.15) is 17.2 Å². The Kier molecular flexibility index (Phi) is 6.88. The Labute approximate surface area is 198 Å². The molecule has 35 heavy (non-hydrogen) atoms. The molecule has 0 radical (unpaired) electrons. The highest BCUT2D eigenvalue weighted by molar-refractivity contribution is 5.64. The van der Waals surface area contributed by atoms with Gasteiger partial charge in [-0.3, -0.25) is 13.9 Å². The first kappa shape index (κ1) is 24.0. The van der Waals surface area contributed by atoms with Crippen molar-refractivity contribution in [2.45, 2.75) is 19.1 Å². The van der Waals surface area contributed by atoms with Gasteiger partial charge in [0.2, 0.25) is 0 Å². The molecule has 1 atom stereocenters. The Bertz CT molecular complexity index is 1460. The van der Waals surface area contributed by atoms with Crippen molar-refractivity contribution in [3.63, 3.8) is 0 Å². The van der Waals surface area contributed by atoms with Gasteiger partial charge in [-0.25, -0.2) is 18.0 Å². The molecule has 1 aromatic heterocycles. The Hall–Kier alpha value is -4.11. The van der Waals surface area contributed by atoms with Crippen molar-refractivity contribution in [3.05, 3.63) is 122 Å². The largest absolute Gasteiger partial charge is 0.494 e. The van der Waals surface area contributed by atoms with E-state index in [1.54, 1.807) is 30.3 Å². The first-order valence-corrected chi connectivity index (χ1v) is 10.7. The number of hydrogen-bond donors (Lipinski definition) is 1. The number of benzene rings is 3. The second kappa shape index (κ2) is 10.0. The van der Waals surface area contributed by atoms with E-state index < -0.39 is 41.3 Å². The van der Waals surface area contributed by atoms with Gasteiger partial charge < -0.3 is 10.5 Å². The van der Waals surface area contributed by atoms with Gasteiger partial charge in [0.15, 0.2) is 11.6 Å². The van der Waals surface area contributed by atoms with Gasteiger partial charge in [0.1, 0.15) is 11.6 Å². The van der Waals surface area contributed by atoms with E-state index >= 15 is 4.39 Å². The van der Waals surface area contributed by atoms with Crippen LogP contribution in [-0.2, 0) is 13.1 Å². The summed E-state index contributed by atoms with van der Waals surface area (Å²) in [6.07, 6.45) is 1.10. The van der Waals surface area contributed by atoms with Crippen LogP contribution in [0.4, 0.5) is 13.2 Å². The van der Waals surface area contributed by atoms with Crippen molar-refractivity contribution in [1.82, 2.24) is 9.13 Å². The minimum absolute atomic E-state index is 0.104. The maximum Gasteiger partial charge on any atom is 0.331 e. The summed E-state index contributed by atoms with van der Waals surface area (Å²) in [6.45, 7) is -0.752. The number of rotatable bonds is 7. The summed E-state index contributed by atoms with van der Waals surface area (Å²) in [6, 6.07) is 15.6. The molecular weight excluding hydrogens is 459 g/mol. The molecule has 0 bridgehead atoms. The van der Waals surface area contributed by atoms with Crippen molar-refractivity contribution in [2.75, 3.05) is 7.11 Å². The number of methoxy groups -OCH3 is 1. The number of halogens is 3. The van der Waals surface area contributed by atoms with E-state index in [-0.39, 0.29) is 29.0 Å². The van der Waals surface area contributed by atoms with Crippen molar-refractivity contribution in [1.29, 1.82) is 0 Å². The Morgan fingerprint density at radius 1 is 0.886 bits per heavy atom. The van der Waals surface area contributed by atoms with E-state index in [4.69, 9.17) is 10.5 Å². The zero-order chi connectivity index (χ0) is 25.1. The molecule has 0 unspecified atom stereocenters. The van der Waals surface area contributed by atoms with E-state index in [1.165, 1.54) is 31.4 Å². The van der Waals surface area contributed by atoms with Crippen molar-refractivity contribution in [3.8, 4) is 16.9 Å². The second-order valence-corrected chi connectivity index (χ2v) is 7.91. The van der Waals surface area contributed by atoms with Crippen LogP contribution in [0.5, 0.6) is 5.75 Å². The van der Waals surface area contributed by atoms with Gasteiger partial charge in [0, 0.05) is 23.4 Å². The van der Waals surface area contributed by atoms with Crippen LogP contribution in [0.3, 0.4) is 0 Å². The fourth-order valence-electron chi connectivity index (χ4n) is 3.85. The van der Waals surface area contributed by atoms with Crippen molar-refractivity contribution >= 4 is 0 Å². The predicted octanol–water partition coefficient (Wildman–Crippen LogP) is 3.85. The lowest BCUT2D eigenvalue weighted by Gasteiger charge is -2.18. The molecule has 6 nitrogen and oxygen atoms in total. The summed E-state index contributed by atoms with van der Waals surface area (Å²) >= 11 is 0. The highest BCUT2D eigenvalue weighted by atomic mass is 19.1. The highest BCUT2D eigenvalue weighted by Gasteiger charge is 2.21. The summed E-state index contributed by atoms with van der Waals surface area (Å²) in [7, 11) is 1.28. The topological polar surface area (TPSA) is 79.2 Å². The summed E-state index contributed by atoms with van der Waals surface area (Å²) in [5.74, 6) is -2.63. The molecular formula is C26H22F3N3O3. The highest BCUT2D eigenvalue weighted by Crippen LogP contribution is 2.27. The van der Waals surface area contributed by atoms with Crippen LogP contribution >= 0.6 is 0 Å². The molecule has 0 saturated heterocycles. The zero-order valence-corrected chi connectivity index (χ0v) is 18.8. The van der Waals surface area contributed by atoms with Crippen LogP contribution in [0.25, 0.3) is 11.1 Å². The van der Waals surface area contributed by atoms with E-state index in [9.17, 15) is 18.4 Å². The van der Waals surface area contributed by atoms with E-state index in [0.29, 0.717) is 5.56 Å². The predicted molar refractivity (Wildman–Crippen MR) is 126 cm³/mol. The number of nitrogens with two attached hydrogens (primary N) is 1. The zero-order valence-electron chi connectivity index (χ0n) is 18.8. The van der Waals surface area contributed by atoms with Gasteiger partial charge in [-0.2, -0.15) is 0 Å². The molecule has 4 aromatic rings. The number of nitrogens with zero attached hydrogens (tertiary/aromatic N) is 2. The second-order valence-electron chi connectivity index (χ2n) is 7.91. The van der Waals surface area contributed by atoms with Gasteiger partial charge in [-0.1, -0.05) is 48.5 Å². The van der Waals surface area contributed by atoms with Gasteiger partial charge >= 0.3 is 5.69 Å². The minimum Gasteiger partial charge on any atom is -0.494 e. The third-order valence-corrected chi connectivity index (χ3v) is 5.71.